The molecule has 0 aromatic carbocycles. The second kappa shape index (κ2) is 11.7. The third kappa shape index (κ3) is 8.05. The number of anilines is 1. The van der Waals surface area contributed by atoms with Crippen LogP contribution in [0.5, 0.6) is 0 Å². The zero-order chi connectivity index (χ0) is 20.4. The molecule has 9 nitrogen and oxygen atoms in total. The van der Waals surface area contributed by atoms with Crippen molar-refractivity contribution in [3.63, 3.8) is 0 Å². The molecule has 158 valence electrons. The molecule has 28 heavy (non-hydrogen) atoms. The molecule has 2 aromatic rings. The second-order valence-corrected chi connectivity index (χ2v) is 8.87. The van der Waals surface area contributed by atoms with E-state index in [2.05, 4.69) is 32.9 Å². The molecule has 0 bridgehead atoms. The van der Waals surface area contributed by atoms with Gasteiger partial charge in [0.1, 0.15) is 18.2 Å². The topological polar surface area (TPSA) is 122 Å². The van der Waals surface area contributed by atoms with Crippen LogP contribution in [0.25, 0.3) is 11.2 Å². The number of nitrogens with one attached hydrogen (secondary N) is 1. The fraction of sp³-hybridized carbons (Fsp3) is 0.706. The summed E-state index contributed by atoms with van der Waals surface area (Å²) in [5, 5.41) is 3.33. The predicted molar refractivity (Wildman–Crippen MR) is 113 cm³/mol. The third-order valence-corrected chi connectivity index (χ3v) is 5.06. The number of rotatable bonds is 14. The van der Waals surface area contributed by atoms with E-state index in [1.165, 1.54) is 38.4 Å². The molecule has 2 heterocycles. The largest absolute Gasteiger partial charge is 0.368 e. The summed E-state index contributed by atoms with van der Waals surface area (Å²) in [7, 11) is -4.18. The molecule has 0 unspecified atom stereocenters. The van der Waals surface area contributed by atoms with Crippen molar-refractivity contribution >= 4 is 37.2 Å². The number of imidazole rings is 1. The quantitative estimate of drug-likeness (QED) is 0.205. The van der Waals surface area contributed by atoms with Crippen LogP contribution in [0.1, 0.15) is 45.4 Å². The monoisotopic (exact) mass is 431 g/mol. The Balaban J connectivity index is 1.84. The molecule has 2 aromatic heterocycles. The van der Waals surface area contributed by atoms with Crippen LogP contribution < -0.4 is 5.32 Å². The van der Waals surface area contributed by atoms with Gasteiger partial charge in [-0.1, -0.05) is 25.7 Å². The van der Waals surface area contributed by atoms with E-state index in [-0.39, 0.29) is 6.10 Å². The Bertz CT molecular complexity index is 769. The molecule has 0 radical (unpaired) electrons. The summed E-state index contributed by atoms with van der Waals surface area (Å²) in [5.74, 6) is 1.66. The van der Waals surface area contributed by atoms with Gasteiger partial charge < -0.3 is 24.4 Å². The van der Waals surface area contributed by atoms with Crippen molar-refractivity contribution in [3.8, 4) is 0 Å². The number of aromatic nitrogens is 4. The first-order chi connectivity index (χ1) is 13.4. The highest BCUT2D eigenvalue weighted by atomic mass is 32.1. The summed E-state index contributed by atoms with van der Waals surface area (Å²) in [6, 6.07) is 0. The Labute approximate surface area is 170 Å². The van der Waals surface area contributed by atoms with E-state index in [1.54, 1.807) is 17.8 Å². The molecule has 0 aliphatic carbocycles. The van der Waals surface area contributed by atoms with E-state index in [1.807, 2.05) is 0 Å². The molecule has 0 fully saturated rings. The first-order valence-corrected chi connectivity index (χ1v) is 12.0. The molecule has 0 aliphatic heterocycles. The Morgan fingerprint density at radius 2 is 1.89 bits per heavy atom. The number of hydrogen-bond donors (Lipinski definition) is 4. The van der Waals surface area contributed by atoms with Crippen molar-refractivity contribution in [1.82, 2.24) is 19.5 Å². The van der Waals surface area contributed by atoms with E-state index in [4.69, 9.17) is 14.5 Å². The van der Waals surface area contributed by atoms with Gasteiger partial charge in [-0.05, 0) is 25.5 Å². The van der Waals surface area contributed by atoms with Gasteiger partial charge in [0.2, 0.25) is 0 Å². The highest BCUT2D eigenvalue weighted by molar-refractivity contribution is 7.80. The van der Waals surface area contributed by atoms with Gasteiger partial charge in [0.05, 0.1) is 19.0 Å². The fourth-order valence-corrected chi connectivity index (χ4v) is 3.52. The molecular formula is C17H30N5O4PS. The van der Waals surface area contributed by atoms with Crippen LogP contribution in [0.3, 0.4) is 0 Å². The van der Waals surface area contributed by atoms with Crippen molar-refractivity contribution in [3.05, 3.63) is 12.7 Å². The summed E-state index contributed by atoms with van der Waals surface area (Å²) in [4.78, 5) is 30.8. The maximum Gasteiger partial charge on any atom is 0.350 e. The Morgan fingerprint density at radius 1 is 1.18 bits per heavy atom. The van der Waals surface area contributed by atoms with Gasteiger partial charge in [-0.15, -0.1) is 0 Å². The lowest BCUT2D eigenvalue weighted by Gasteiger charge is -2.14. The number of unbranched alkanes of at least 4 members (excludes halogenated alkanes) is 5. The van der Waals surface area contributed by atoms with Crippen LogP contribution in [0.15, 0.2) is 12.7 Å². The van der Waals surface area contributed by atoms with Gasteiger partial charge in [-0.2, -0.15) is 12.6 Å². The maximum atomic E-state index is 10.9. The summed E-state index contributed by atoms with van der Waals surface area (Å²) >= 11 is 4.22. The summed E-state index contributed by atoms with van der Waals surface area (Å²) in [5.41, 5.74) is 1.34. The van der Waals surface area contributed by atoms with Crippen LogP contribution >= 0.6 is 20.2 Å². The first-order valence-electron chi connectivity index (χ1n) is 9.57. The van der Waals surface area contributed by atoms with Gasteiger partial charge >= 0.3 is 7.60 Å². The molecule has 0 spiro atoms. The molecule has 0 aliphatic rings. The van der Waals surface area contributed by atoms with E-state index in [0.29, 0.717) is 23.5 Å². The average molecular weight is 431 g/mol. The van der Waals surface area contributed by atoms with E-state index in [0.717, 1.165) is 18.7 Å². The molecule has 1 atom stereocenters. The smallest absolute Gasteiger partial charge is 0.350 e. The number of ether oxygens (including phenoxy) is 1. The van der Waals surface area contributed by atoms with Crippen molar-refractivity contribution in [2.75, 3.05) is 24.0 Å². The van der Waals surface area contributed by atoms with Crippen LogP contribution in [0, 0.1) is 0 Å². The van der Waals surface area contributed by atoms with Gasteiger partial charge in [0.15, 0.2) is 11.5 Å². The fourth-order valence-electron chi connectivity index (χ4n) is 2.85. The molecule has 2 rings (SSSR count). The van der Waals surface area contributed by atoms with Gasteiger partial charge in [-0.25, -0.2) is 15.0 Å². The predicted octanol–water partition coefficient (Wildman–Crippen LogP) is 3.05. The standard InChI is InChI=1S/C17H30N5O4PS/c1-14(26-13-27(23,24)25)10-22-12-21-15-16(19-11-20-17(15)22)18-8-6-4-2-3-5-7-9-28/h11-12,14,28H,2-10,13H2,1H3,(H,18,19,20)(H2,23,24,25)/t14-/m1/s1. The van der Waals surface area contributed by atoms with Crippen LogP contribution in [-0.2, 0) is 15.8 Å². The molecule has 0 saturated carbocycles. The van der Waals surface area contributed by atoms with Gasteiger partial charge in [-0.3, -0.25) is 4.57 Å². The Morgan fingerprint density at radius 3 is 2.61 bits per heavy atom. The highest BCUT2D eigenvalue weighted by Crippen LogP contribution is 2.34. The van der Waals surface area contributed by atoms with Crippen molar-refractivity contribution in [1.29, 1.82) is 0 Å². The summed E-state index contributed by atoms with van der Waals surface area (Å²) in [6.45, 7) is 2.96. The maximum absolute atomic E-state index is 10.9. The lowest BCUT2D eigenvalue weighted by Crippen LogP contribution is -2.17. The Kier molecular flexibility index (Phi) is 9.67. The lowest BCUT2D eigenvalue weighted by molar-refractivity contribution is 0.0764. The number of fused-ring (bicyclic) bond motifs is 1. The van der Waals surface area contributed by atoms with Crippen LogP contribution in [0.4, 0.5) is 5.82 Å². The second-order valence-electron chi connectivity index (χ2n) is 6.83. The molecule has 11 heteroatoms. The number of thiol groups is 1. The minimum absolute atomic E-state index is 0.388. The van der Waals surface area contributed by atoms with E-state index < -0.39 is 13.9 Å². The van der Waals surface area contributed by atoms with Crippen LogP contribution in [-0.4, -0.2) is 54.1 Å². The Hall–Kier alpha value is -1.19. The number of hydrogen-bond acceptors (Lipinski definition) is 7. The SMILES string of the molecule is C[C@H](Cn1cnc2c(NCCCCCCCCS)ncnc21)OCP(=O)(O)O. The van der Waals surface area contributed by atoms with Crippen LogP contribution in [0.2, 0.25) is 0 Å². The van der Waals surface area contributed by atoms with Gasteiger partial charge in [0.25, 0.3) is 0 Å². The molecular weight excluding hydrogens is 401 g/mol. The molecule has 0 amide bonds. The van der Waals surface area contributed by atoms with Gasteiger partial charge in [0, 0.05) is 6.54 Å². The minimum Gasteiger partial charge on any atom is -0.368 e. The van der Waals surface area contributed by atoms with E-state index >= 15 is 0 Å². The van der Waals surface area contributed by atoms with Crippen molar-refractivity contribution < 1.29 is 19.1 Å². The average Bonchev–Trinajstić information content (AvgIpc) is 3.05. The van der Waals surface area contributed by atoms with Crippen molar-refractivity contribution in [2.24, 2.45) is 0 Å². The van der Waals surface area contributed by atoms with Crippen molar-refractivity contribution in [2.45, 2.75) is 58.1 Å². The zero-order valence-corrected chi connectivity index (χ0v) is 18.0. The van der Waals surface area contributed by atoms with E-state index in [9.17, 15) is 4.57 Å². The number of nitrogens with zero attached hydrogens (tertiary/aromatic N) is 4. The normalized spacial score (nSPS) is 13.1. The minimum atomic E-state index is -4.18. The third-order valence-electron chi connectivity index (χ3n) is 4.26. The summed E-state index contributed by atoms with van der Waals surface area (Å²) in [6.07, 6.45) is 9.31. The molecule has 0 saturated heterocycles. The lowest BCUT2D eigenvalue weighted by atomic mass is 10.1. The molecule has 3 N–H and O–H groups in total. The zero-order valence-electron chi connectivity index (χ0n) is 16.2. The highest BCUT2D eigenvalue weighted by Gasteiger charge is 2.17. The first kappa shape index (κ1) is 23.1. The summed E-state index contributed by atoms with van der Waals surface area (Å²) < 4.78 is 17.9.